The molecule has 1 fully saturated rings. The van der Waals surface area contributed by atoms with Gasteiger partial charge >= 0.3 is 0 Å². The van der Waals surface area contributed by atoms with E-state index in [2.05, 4.69) is 17.4 Å². The molecule has 0 atom stereocenters. The Labute approximate surface area is 113 Å². The molecule has 1 aromatic rings. The average molecular weight is 261 g/mol. The number of carbonyl (C=O) groups is 1. The lowest BCUT2D eigenvalue weighted by Gasteiger charge is -2.22. The van der Waals surface area contributed by atoms with E-state index in [1.807, 2.05) is 17.8 Å². The Morgan fingerprint density at radius 2 is 2.11 bits per heavy atom. The van der Waals surface area contributed by atoms with Crippen LogP contribution in [0.3, 0.4) is 0 Å². The van der Waals surface area contributed by atoms with Crippen LogP contribution in [0.4, 0.5) is 0 Å². The van der Waals surface area contributed by atoms with Crippen LogP contribution in [0.5, 0.6) is 0 Å². The van der Waals surface area contributed by atoms with Gasteiger partial charge in [-0.25, -0.2) is 0 Å². The molecule has 2 aliphatic heterocycles. The molecule has 1 N–H and O–H groups in total. The minimum Gasteiger partial charge on any atom is -0.317 e. The number of benzene rings is 1. The normalized spacial score (nSPS) is 20.4. The standard InChI is InChI=1S/C15H19NOS/c17-15(11-5-7-16-8-6-11)13-3-4-14-12(10-13)2-1-9-18-14/h3-4,10-11,16H,1-2,5-9H2. The Hall–Kier alpha value is -0.800. The van der Waals surface area contributed by atoms with Crippen molar-refractivity contribution >= 4 is 17.5 Å². The van der Waals surface area contributed by atoms with E-state index in [1.165, 1.54) is 22.6 Å². The van der Waals surface area contributed by atoms with Crippen LogP contribution in [-0.4, -0.2) is 24.6 Å². The molecule has 0 unspecified atom stereocenters. The van der Waals surface area contributed by atoms with Gasteiger partial charge in [-0.2, -0.15) is 0 Å². The lowest BCUT2D eigenvalue weighted by atomic mass is 9.89. The van der Waals surface area contributed by atoms with E-state index < -0.39 is 0 Å². The van der Waals surface area contributed by atoms with Gasteiger partial charge in [0.15, 0.2) is 5.78 Å². The van der Waals surface area contributed by atoms with E-state index in [9.17, 15) is 4.79 Å². The Morgan fingerprint density at radius 1 is 1.28 bits per heavy atom. The van der Waals surface area contributed by atoms with Crippen molar-refractivity contribution in [3.8, 4) is 0 Å². The maximum atomic E-state index is 12.5. The molecule has 0 aromatic heterocycles. The van der Waals surface area contributed by atoms with Crippen molar-refractivity contribution in [3.05, 3.63) is 29.3 Å². The third-order valence-corrected chi connectivity index (χ3v) is 5.11. The zero-order valence-electron chi connectivity index (χ0n) is 10.6. The van der Waals surface area contributed by atoms with E-state index in [1.54, 1.807) is 0 Å². The fourth-order valence-electron chi connectivity index (χ4n) is 2.83. The summed E-state index contributed by atoms with van der Waals surface area (Å²) in [5.41, 5.74) is 2.31. The molecule has 0 radical (unpaired) electrons. The van der Waals surface area contributed by atoms with Gasteiger partial charge in [-0.3, -0.25) is 4.79 Å². The lowest BCUT2D eigenvalue weighted by Crippen LogP contribution is -2.31. The highest BCUT2D eigenvalue weighted by Crippen LogP contribution is 2.31. The summed E-state index contributed by atoms with van der Waals surface area (Å²) in [4.78, 5) is 13.8. The molecule has 1 saturated heterocycles. The molecular weight excluding hydrogens is 242 g/mol. The molecule has 0 spiro atoms. The molecule has 2 aliphatic rings. The number of nitrogens with one attached hydrogen (secondary N) is 1. The molecule has 1 aromatic carbocycles. The molecular formula is C15H19NOS. The Bertz CT molecular complexity index is 452. The molecule has 3 rings (SSSR count). The molecule has 0 amide bonds. The number of thioether (sulfide) groups is 1. The van der Waals surface area contributed by atoms with E-state index in [4.69, 9.17) is 0 Å². The number of aryl methyl sites for hydroxylation is 1. The Kier molecular flexibility index (Phi) is 3.71. The Balaban J connectivity index is 1.80. The van der Waals surface area contributed by atoms with Crippen LogP contribution >= 0.6 is 11.8 Å². The van der Waals surface area contributed by atoms with Crippen molar-refractivity contribution in [2.45, 2.75) is 30.6 Å². The van der Waals surface area contributed by atoms with Crippen LogP contribution in [0.15, 0.2) is 23.1 Å². The second kappa shape index (κ2) is 5.45. The minimum atomic E-state index is 0.237. The van der Waals surface area contributed by atoms with Gasteiger partial charge in [0.2, 0.25) is 0 Å². The van der Waals surface area contributed by atoms with Gasteiger partial charge in [0.05, 0.1) is 0 Å². The van der Waals surface area contributed by atoms with Crippen LogP contribution in [0.25, 0.3) is 0 Å². The zero-order valence-corrected chi connectivity index (χ0v) is 11.4. The molecule has 3 heteroatoms. The van der Waals surface area contributed by atoms with Crippen LogP contribution < -0.4 is 5.32 Å². The van der Waals surface area contributed by atoms with Crippen LogP contribution in [-0.2, 0) is 6.42 Å². The summed E-state index contributed by atoms with van der Waals surface area (Å²) in [6.45, 7) is 1.97. The van der Waals surface area contributed by atoms with Gasteiger partial charge in [-0.1, -0.05) is 6.07 Å². The molecule has 0 saturated carbocycles. The fraction of sp³-hybridized carbons (Fsp3) is 0.533. The second-order valence-electron chi connectivity index (χ2n) is 5.16. The van der Waals surface area contributed by atoms with Crippen LogP contribution in [0, 0.1) is 5.92 Å². The highest BCUT2D eigenvalue weighted by atomic mass is 32.2. The first-order valence-corrected chi connectivity index (χ1v) is 7.84. The summed E-state index contributed by atoms with van der Waals surface area (Å²) < 4.78 is 0. The predicted molar refractivity (Wildman–Crippen MR) is 75.4 cm³/mol. The summed E-state index contributed by atoms with van der Waals surface area (Å²) >= 11 is 1.92. The average Bonchev–Trinajstić information content (AvgIpc) is 2.47. The predicted octanol–water partition coefficient (Wildman–Crippen LogP) is 2.91. The first kappa shape index (κ1) is 12.2. The fourth-order valence-corrected chi connectivity index (χ4v) is 3.85. The highest BCUT2D eigenvalue weighted by molar-refractivity contribution is 7.99. The number of carbonyl (C=O) groups excluding carboxylic acids is 1. The minimum absolute atomic E-state index is 0.237. The van der Waals surface area contributed by atoms with Gasteiger partial charge < -0.3 is 5.32 Å². The van der Waals surface area contributed by atoms with Crippen molar-refractivity contribution in [2.24, 2.45) is 5.92 Å². The molecule has 18 heavy (non-hydrogen) atoms. The topological polar surface area (TPSA) is 29.1 Å². The number of hydrogen-bond acceptors (Lipinski definition) is 3. The van der Waals surface area contributed by atoms with Crippen molar-refractivity contribution < 1.29 is 4.79 Å². The zero-order chi connectivity index (χ0) is 12.4. The second-order valence-corrected chi connectivity index (χ2v) is 6.30. The quantitative estimate of drug-likeness (QED) is 0.830. The third-order valence-electron chi connectivity index (χ3n) is 3.90. The number of rotatable bonds is 2. The van der Waals surface area contributed by atoms with Crippen molar-refractivity contribution in [2.75, 3.05) is 18.8 Å². The molecule has 96 valence electrons. The highest BCUT2D eigenvalue weighted by Gasteiger charge is 2.23. The summed E-state index contributed by atoms with van der Waals surface area (Å²) in [5.74, 6) is 1.81. The smallest absolute Gasteiger partial charge is 0.166 e. The van der Waals surface area contributed by atoms with Crippen molar-refractivity contribution in [1.82, 2.24) is 5.32 Å². The molecule has 0 aliphatic carbocycles. The monoisotopic (exact) mass is 261 g/mol. The largest absolute Gasteiger partial charge is 0.317 e. The maximum absolute atomic E-state index is 12.5. The summed E-state index contributed by atoms with van der Waals surface area (Å²) in [7, 11) is 0. The molecule has 2 nitrogen and oxygen atoms in total. The van der Waals surface area contributed by atoms with Crippen molar-refractivity contribution in [3.63, 3.8) is 0 Å². The lowest BCUT2D eigenvalue weighted by molar-refractivity contribution is 0.0895. The van der Waals surface area contributed by atoms with Crippen LogP contribution in [0.1, 0.15) is 35.2 Å². The molecule has 2 heterocycles. The number of Topliss-reactive ketones (excluding diaryl/α,β-unsaturated/α-hetero) is 1. The maximum Gasteiger partial charge on any atom is 0.166 e. The summed E-state index contributed by atoms with van der Waals surface area (Å²) in [6.07, 6.45) is 4.35. The number of ketones is 1. The SMILES string of the molecule is O=C(c1ccc2c(c1)CCCS2)C1CCNCC1. The first-order valence-electron chi connectivity index (χ1n) is 6.85. The van der Waals surface area contributed by atoms with Gasteiger partial charge in [-0.05, 0) is 62.2 Å². The third kappa shape index (κ3) is 2.47. The first-order chi connectivity index (χ1) is 8.84. The van der Waals surface area contributed by atoms with Gasteiger partial charge in [0, 0.05) is 16.4 Å². The summed E-state index contributed by atoms with van der Waals surface area (Å²) in [5, 5.41) is 3.32. The van der Waals surface area contributed by atoms with Gasteiger partial charge in [0.25, 0.3) is 0 Å². The van der Waals surface area contributed by atoms with E-state index >= 15 is 0 Å². The van der Waals surface area contributed by atoms with E-state index in [0.29, 0.717) is 5.78 Å². The van der Waals surface area contributed by atoms with Gasteiger partial charge in [0.1, 0.15) is 0 Å². The van der Waals surface area contributed by atoms with Gasteiger partial charge in [-0.15, -0.1) is 11.8 Å². The molecule has 0 bridgehead atoms. The number of hydrogen-bond donors (Lipinski definition) is 1. The van der Waals surface area contributed by atoms with E-state index in [-0.39, 0.29) is 5.92 Å². The van der Waals surface area contributed by atoms with E-state index in [0.717, 1.165) is 37.9 Å². The van der Waals surface area contributed by atoms with Crippen LogP contribution in [0.2, 0.25) is 0 Å². The van der Waals surface area contributed by atoms with Crippen molar-refractivity contribution in [1.29, 1.82) is 0 Å². The Morgan fingerprint density at radius 3 is 2.94 bits per heavy atom. The number of fused-ring (bicyclic) bond motifs is 1. The summed E-state index contributed by atoms with van der Waals surface area (Å²) in [6, 6.07) is 6.32. The number of piperidine rings is 1.